The van der Waals surface area contributed by atoms with Crippen molar-refractivity contribution in [1.29, 1.82) is 0 Å². The second kappa shape index (κ2) is 6.25. The van der Waals surface area contributed by atoms with E-state index >= 15 is 0 Å². The molecule has 2 unspecified atom stereocenters. The van der Waals surface area contributed by atoms with Gasteiger partial charge in [-0.3, -0.25) is 4.79 Å². The van der Waals surface area contributed by atoms with Crippen molar-refractivity contribution in [2.45, 2.75) is 46.6 Å². The minimum atomic E-state index is -3.13. The van der Waals surface area contributed by atoms with E-state index in [2.05, 4.69) is 13.8 Å². The van der Waals surface area contributed by atoms with Crippen molar-refractivity contribution in [3.05, 3.63) is 0 Å². The summed E-state index contributed by atoms with van der Waals surface area (Å²) in [6.45, 7) is 8.87. The third kappa shape index (κ3) is 4.48. The third-order valence-electron chi connectivity index (χ3n) is 3.96. The zero-order valence-electron chi connectivity index (χ0n) is 12.7. The Morgan fingerprint density at radius 2 is 1.84 bits per heavy atom. The van der Waals surface area contributed by atoms with E-state index in [0.29, 0.717) is 5.92 Å². The standard InChI is InChI=1S/C14H27NO3S/c1-10(2)12(9-19(5,17)18)14(16)15-8-6-7-13(15)11(3)4/h10-13H,6-9H2,1-5H3. The van der Waals surface area contributed by atoms with Crippen LogP contribution in [0.5, 0.6) is 0 Å². The Bertz CT molecular complexity index is 414. The first-order valence-electron chi connectivity index (χ1n) is 7.11. The summed E-state index contributed by atoms with van der Waals surface area (Å²) in [7, 11) is -3.13. The van der Waals surface area contributed by atoms with Crippen molar-refractivity contribution in [3.63, 3.8) is 0 Å². The molecule has 2 atom stereocenters. The van der Waals surface area contributed by atoms with Crippen molar-refractivity contribution in [2.75, 3.05) is 18.6 Å². The molecule has 1 aliphatic rings. The Hall–Kier alpha value is -0.580. The molecular formula is C14H27NO3S. The van der Waals surface area contributed by atoms with Gasteiger partial charge in [0.15, 0.2) is 0 Å². The lowest BCUT2D eigenvalue weighted by atomic mass is 9.94. The number of likely N-dealkylation sites (tertiary alicyclic amines) is 1. The van der Waals surface area contributed by atoms with Crippen LogP contribution in [0.4, 0.5) is 0 Å². The molecule has 0 radical (unpaired) electrons. The SMILES string of the molecule is CC(C)C(CS(C)(=O)=O)C(=O)N1CCCC1C(C)C. The Morgan fingerprint density at radius 1 is 1.26 bits per heavy atom. The van der Waals surface area contributed by atoms with Crippen LogP contribution >= 0.6 is 0 Å². The molecule has 0 saturated carbocycles. The second-order valence-corrected chi connectivity index (χ2v) is 8.61. The highest BCUT2D eigenvalue weighted by molar-refractivity contribution is 7.90. The largest absolute Gasteiger partial charge is 0.339 e. The summed E-state index contributed by atoms with van der Waals surface area (Å²) in [6, 6.07) is 0.272. The molecule has 1 aliphatic heterocycles. The van der Waals surface area contributed by atoms with Crippen LogP contribution in [0.1, 0.15) is 40.5 Å². The molecule has 112 valence electrons. The monoisotopic (exact) mass is 289 g/mol. The lowest BCUT2D eigenvalue weighted by Gasteiger charge is -2.32. The number of hydrogen-bond acceptors (Lipinski definition) is 3. The molecule has 5 heteroatoms. The van der Waals surface area contributed by atoms with Gasteiger partial charge < -0.3 is 4.90 Å². The predicted molar refractivity (Wildman–Crippen MR) is 77.6 cm³/mol. The van der Waals surface area contributed by atoms with Crippen molar-refractivity contribution in [2.24, 2.45) is 17.8 Å². The van der Waals surface area contributed by atoms with Crippen LogP contribution in [0.3, 0.4) is 0 Å². The number of amides is 1. The molecule has 0 aromatic carbocycles. The highest BCUT2D eigenvalue weighted by Crippen LogP contribution is 2.27. The van der Waals surface area contributed by atoms with Crippen molar-refractivity contribution >= 4 is 15.7 Å². The fourth-order valence-corrected chi connectivity index (χ4v) is 4.03. The minimum Gasteiger partial charge on any atom is -0.339 e. The number of carbonyl (C=O) groups is 1. The summed E-state index contributed by atoms with van der Waals surface area (Å²) >= 11 is 0. The maximum atomic E-state index is 12.6. The van der Waals surface area contributed by atoms with E-state index in [4.69, 9.17) is 0 Å². The summed E-state index contributed by atoms with van der Waals surface area (Å²) < 4.78 is 23.0. The number of sulfone groups is 1. The molecule has 1 fully saturated rings. The molecule has 0 N–H and O–H groups in total. The molecular weight excluding hydrogens is 262 g/mol. The Kier molecular flexibility index (Phi) is 5.42. The quantitative estimate of drug-likeness (QED) is 0.777. The van der Waals surface area contributed by atoms with E-state index in [-0.39, 0.29) is 23.6 Å². The number of carbonyl (C=O) groups excluding carboxylic acids is 1. The fraction of sp³-hybridized carbons (Fsp3) is 0.929. The smallest absolute Gasteiger partial charge is 0.227 e. The molecule has 0 bridgehead atoms. The van der Waals surface area contributed by atoms with Gasteiger partial charge in [0.05, 0.1) is 11.7 Å². The molecule has 1 amide bonds. The van der Waals surface area contributed by atoms with Crippen molar-refractivity contribution in [1.82, 2.24) is 4.90 Å². The highest BCUT2D eigenvalue weighted by Gasteiger charge is 2.36. The summed E-state index contributed by atoms with van der Waals surface area (Å²) in [5, 5.41) is 0. The van der Waals surface area contributed by atoms with Crippen LogP contribution in [0.25, 0.3) is 0 Å². The average molecular weight is 289 g/mol. The Balaban J connectivity index is 2.88. The Labute approximate surface area is 117 Å². The van der Waals surface area contributed by atoms with Crippen LogP contribution in [0.15, 0.2) is 0 Å². The van der Waals surface area contributed by atoms with Crippen LogP contribution in [0, 0.1) is 17.8 Å². The molecule has 1 saturated heterocycles. The van der Waals surface area contributed by atoms with E-state index < -0.39 is 15.8 Å². The maximum Gasteiger partial charge on any atom is 0.227 e. The fourth-order valence-electron chi connectivity index (χ4n) is 2.85. The second-order valence-electron chi connectivity index (χ2n) is 6.43. The van der Waals surface area contributed by atoms with Gasteiger partial charge in [-0.2, -0.15) is 0 Å². The van der Waals surface area contributed by atoms with Crippen molar-refractivity contribution < 1.29 is 13.2 Å². The molecule has 0 spiro atoms. The van der Waals surface area contributed by atoms with Gasteiger partial charge in [0.2, 0.25) is 5.91 Å². The first-order chi connectivity index (χ1) is 8.63. The van der Waals surface area contributed by atoms with E-state index in [1.54, 1.807) is 0 Å². The van der Waals surface area contributed by atoms with E-state index in [1.165, 1.54) is 6.26 Å². The molecule has 19 heavy (non-hydrogen) atoms. The zero-order valence-corrected chi connectivity index (χ0v) is 13.5. The summed E-state index contributed by atoms with van der Waals surface area (Å²) in [5.74, 6) is 0.0595. The van der Waals surface area contributed by atoms with Gasteiger partial charge in [-0.15, -0.1) is 0 Å². The van der Waals surface area contributed by atoms with Gasteiger partial charge in [0, 0.05) is 18.8 Å². The molecule has 0 aromatic rings. The van der Waals surface area contributed by atoms with Gasteiger partial charge in [0.25, 0.3) is 0 Å². The first kappa shape index (κ1) is 16.5. The lowest BCUT2D eigenvalue weighted by Crippen LogP contribution is -2.45. The normalized spacial score (nSPS) is 22.3. The highest BCUT2D eigenvalue weighted by atomic mass is 32.2. The first-order valence-corrected chi connectivity index (χ1v) is 9.17. The van der Waals surface area contributed by atoms with E-state index in [0.717, 1.165) is 19.4 Å². The number of rotatable bonds is 5. The summed E-state index contributed by atoms with van der Waals surface area (Å²) in [6.07, 6.45) is 3.27. The van der Waals surface area contributed by atoms with Crippen LogP contribution < -0.4 is 0 Å². The van der Waals surface area contributed by atoms with Crippen LogP contribution in [-0.2, 0) is 14.6 Å². The third-order valence-corrected chi connectivity index (χ3v) is 4.92. The maximum absolute atomic E-state index is 12.6. The summed E-state index contributed by atoms with van der Waals surface area (Å²) in [5.41, 5.74) is 0. The molecule has 4 nitrogen and oxygen atoms in total. The molecule has 0 aromatic heterocycles. The van der Waals surface area contributed by atoms with Crippen molar-refractivity contribution in [3.8, 4) is 0 Å². The molecule has 1 rings (SSSR count). The Morgan fingerprint density at radius 3 is 2.26 bits per heavy atom. The van der Waals surface area contributed by atoms with Gasteiger partial charge >= 0.3 is 0 Å². The van der Waals surface area contributed by atoms with Crippen LogP contribution in [-0.4, -0.2) is 43.8 Å². The average Bonchev–Trinajstić information content (AvgIpc) is 2.72. The lowest BCUT2D eigenvalue weighted by molar-refractivity contribution is -0.137. The minimum absolute atomic E-state index is 0.0247. The predicted octanol–water partition coefficient (Wildman–Crippen LogP) is 1.95. The van der Waals surface area contributed by atoms with Gasteiger partial charge in [-0.25, -0.2) is 8.42 Å². The number of hydrogen-bond donors (Lipinski definition) is 0. The summed E-state index contributed by atoms with van der Waals surface area (Å²) in [4.78, 5) is 14.6. The van der Waals surface area contributed by atoms with Gasteiger partial charge in [0.1, 0.15) is 9.84 Å². The molecule has 1 heterocycles. The van der Waals surface area contributed by atoms with Crippen LogP contribution in [0.2, 0.25) is 0 Å². The van der Waals surface area contributed by atoms with E-state index in [9.17, 15) is 13.2 Å². The topological polar surface area (TPSA) is 54.5 Å². The molecule has 0 aliphatic carbocycles. The van der Waals surface area contributed by atoms with E-state index in [1.807, 2.05) is 18.7 Å². The number of nitrogens with zero attached hydrogens (tertiary/aromatic N) is 1. The zero-order chi connectivity index (χ0) is 14.8. The van der Waals surface area contributed by atoms with Gasteiger partial charge in [-0.1, -0.05) is 27.7 Å². The van der Waals surface area contributed by atoms with Gasteiger partial charge in [-0.05, 0) is 24.7 Å².